The van der Waals surface area contributed by atoms with E-state index in [1.807, 2.05) is 60.7 Å². The van der Waals surface area contributed by atoms with Crippen molar-refractivity contribution in [1.29, 1.82) is 0 Å². The summed E-state index contributed by atoms with van der Waals surface area (Å²) in [5, 5.41) is 10.2. The fraction of sp³-hybridized carbons (Fsp3) is 0.462. The molecule has 2 heterocycles. The van der Waals surface area contributed by atoms with E-state index in [0.717, 1.165) is 49.7 Å². The van der Waals surface area contributed by atoms with Crippen LogP contribution in [0.1, 0.15) is 69.4 Å². The summed E-state index contributed by atoms with van der Waals surface area (Å²) in [6.45, 7) is 4.18. The van der Waals surface area contributed by atoms with Crippen molar-refractivity contribution in [3.05, 3.63) is 95.8 Å². The highest BCUT2D eigenvalue weighted by Crippen LogP contribution is 2.42. The van der Waals surface area contributed by atoms with Crippen LogP contribution in [-0.2, 0) is 31.8 Å². The van der Waals surface area contributed by atoms with Gasteiger partial charge in [-0.05, 0) is 52.1 Å². The molecule has 53 heavy (non-hydrogen) atoms. The Morgan fingerprint density at radius 2 is 1.47 bits per heavy atom. The molecule has 282 valence electrons. The number of hydrogen-bond acceptors (Lipinski definition) is 11. The number of ether oxygens (including phenoxy) is 3. The molecule has 3 unspecified atom stereocenters. The summed E-state index contributed by atoms with van der Waals surface area (Å²) in [6.07, 6.45) is 6.84. The number of quaternary nitrogens is 1. The standard InChI is InChI=1S/C39H51FN7O5P/c1-3-47(39(52-53-48,50-27-29-15-8-6-9-16-29)51-28-30-17-10-7-11-18-30)24-14-21-33(47)26-41-36-44-37(42-31-19-12-4-5-13-20-31)46-38(45-36)43-32-22-23-35(49-2)34(40)25-32/h6-11,15-18,22-23,25,31,33,53H,3-5,12-14,19-21,24,26-28H2,1-2H3,(H3,41,42,43,44,45,46)/q+2. The van der Waals surface area contributed by atoms with Gasteiger partial charge < -0.3 is 20.7 Å². The maximum Gasteiger partial charge on any atom is 0.504 e. The largest absolute Gasteiger partial charge is 0.504 e. The predicted octanol–water partition coefficient (Wildman–Crippen LogP) is 8.31. The number of rotatable bonds is 18. The fourth-order valence-electron chi connectivity index (χ4n) is 7.55. The number of likely N-dealkylation sites (N-methyl/N-ethyl adjacent to an activating group) is 1. The Balaban J connectivity index is 1.28. The van der Waals surface area contributed by atoms with Crippen LogP contribution < -0.4 is 20.7 Å². The third-order valence-electron chi connectivity index (χ3n) is 10.3. The summed E-state index contributed by atoms with van der Waals surface area (Å²) in [7, 11) is 0.311. The molecule has 0 spiro atoms. The quantitative estimate of drug-likeness (QED) is 0.0394. The average molecular weight is 748 g/mol. The summed E-state index contributed by atoms with van der Waals surface area (Å²) in [5.74, 6) is 0.729. The average Bonchev–Trinajstić information content (AvgIpc) is 3.45. The minimum Gasteiger partial charge on any atom is -0.494 e. The predicted molar refractivity (Wildman–Crippen MR) is 204 cm³/mol. The van der Waals surface area contributed by atoms with Crippen LogP contribution >= 0.6 is 8.69 Å². The molecular weight excluding hydrogens is 696 g/mol. The molecule has 1 aliphatic carbocycles. The highest BCUT2D eigenvalue weighted by Gasteiger charge is 2.64. The van der Waals surface area contributed by atoms with Crippen molar-refractivity contribution in [1.82, 2.24) is 15.0 Å². The smallest absolute Gasteiger partial charge is 0.494 e. The summed E-state index contributed by atoms with van der Waals surface area (Å²) in [5.41, 5.74) is 2.36. The van der Waals surface area contributed by atoms with Gasteiger partial charge in [-0.25, -0.2) is 8.87 Å². The van der Waals surface area contributed by atoms with Gasteiger partial charge in [-0.2, -0.15) is 15.0 Å². The molecule has 3 N–H and O–H groups in total. The molecule has 1 aliphatic heterocycles. The summed E-state index contributed by atoms with van der Waals surface area (Å²) in [4.78, 5) is 14.2. The Morgan fingerprint density at radius 3 is 2.08 bits per heavy atom. The molecular formula is C39H51FN7O5P+2. The lowest BCUT2D eigenvalue weighted by Gasteiger charge is -2.47. The van der Waals surface area contributed by atoms with Gasteiger partial charge in [-0.1, -0.05) is 86.3 Å². The number of methoxy groups -OCH3 is 1. The Kier molecular flexibility index (Phi) is 13.5. The van der Waals surface area contributed by atoms with Crippen LogP contribution in [0, 0.1) is 5.82 Å². The maximum atomic E-state index is 14.6. The van der Waals surface area contributed by atoms with Crippen LogP contribution in [0.2, 0.25) is 0 Å². The van der Waals surface area contributed by atoms with Crippen molar-refractivity contribution in [3.63, 3.8) is 0 Å². The van der Waals surface area contributed by atoms with E-state index < -0.39 is 20.6 Å². The van der Waals surface area contributed by atoms with Gasteiger partial charge in [-0.3, -0.25) is 9.47 Å². The third-order valence-corrected chi connectivity index (χ3v) is 10.7. The van der Waals surface area contributed by atoms with Crippen molar-refractivity contribution in [2.75, 3.05) is 42.7 Å². The topological polar surface area (TPSA) is 129 Å². The lowest BCUT2D eigenvalue weighted by molar-refractivity contribution is -1.06. The summed E-state index contributed by atoms with van der Waals surface area (Å²) >= 11 is 0. The summed E-state index contributed by atoms with van der Waals surface area (Å²) in [6, 6.07) is 24.4. The lowest BCUT2D eigenvalue weighted by atomic mass is 10.1. The van der Waals surface area contributed by atoms with Gasteiger partial charge >= 0.3 is 14.8 Å². The van der Waals surface area contributed by atoms with Crippen LogP contribution in [-0.4, -0.2) is 64.4 Å². The Labute approximate surface area is 312 Å². The van der Waals surface area contributed by atoms with Crippen LogP contribution in [0.5, 0.6) is 5.75 Å². The van der Waals surface area contributed by atoms with Gasteiger partial charge in [0.05, 0.1) is 40.0 Å². The molecule has 0 amide bonds. The minimum absolute atomic E-state index is 0.0926. The number of nitrogens with zero attached hydrogens (tertiary/aromatic N) is 4. The van der Waals surface area contributed by atoms with Crippen molar-refractivity contribution < 1.29 is 32.2 Å². The number of benzene rings is 3. The minimum atomic E-state index is -1.67. The van der Waals surface area contributed by atoms with Crippen molar-refractivity contribution in [2.24, 2.45) is 0 Å². The third kappa shape index (κ3) is 9.65. The van der Waals surface area contributed by atoms with Crippen molar-refractivity contribution >= 4 is 32.2 Å². The molecule has 12 nitrogen and oxygen atoms in total. The zero-order valence-corrected chi connectivity index (χ0v) is 31.6. The number of anilines is 4. The zero-order valence-electron chi connectivity index (χ0n) is 30.6. The highest BCUT2D eigenvalue weighted by molar-refractivity contribution is 7.17. The maximum absolute atomic E-state index is 14.6. The molecule has 0 radical (unpaired) electrons. The van der Waals surface area contributed by atoms with Crippen LogP contribution in [0.3, 0.4) is 0 Å². The molecule has 14 heteroatoms. The Hall–Kier alpha value is -4.26. The highest BCUT2D eigenvalue weighted by atomic mass is 31.1. The van der Waals surface area contributed by atoms with Crippen molar-refractivity contribution in [2.45, 2.75) is 89.7 Å². The normalized spacial score (nSPS) is 19.5. The van der Waals surface area contributed by atoms with E-state index in [1.165, 1.54) is 26.0 Å². The number of nitrogens with one attached hydrogen (secondary N) is 3. The van der Waals surface area contributed by atoms with Gasteiger partial charge in [0.2, 0.25) is 17.8 Å². The van der Waals surface area contributed by atoms with E-state index in [2.05, 4.69) is 27.9 Å². The summed E-state index contributed by atoms with van der Waals surface area (Å²) < 4.78 is 51.9. The molecule has 3 atom stereocenters. The van der Waals surface area contributed by atoms with Gasteiger partial charge in [0.15, 0.2) is 11.6 Å². The first-order valence-corrected chi connectivity index (χ1v) is 19.4. The van der Waals surface area contributed by atoms with E-state index in [4.69, 9.17) is 28.7 Å². The van der Waals surface area contributed by atoms with Gasteiger partial charge in [0.25, 0.3) is 0 Å². The number of hydrogen-bond donors (Lipinski definition) is 3. The van der Waals surface area contributed by atoms with Crippen molar-refractivity contribution in [3.8, 4) is 5.75 Å². The molecule has 1 saturated carbocycles. The molecule has 2 fully saturated rings. The second kappa shape index (κ2) is 18.7. The van der Waals surface area contributed by atoms with Crippen LogP contribution in [0.25, 0.3) is 0 Å². The first-order chi connectivity index (χ1) is 26.0. The number of likely N-dealkylation sites (tertiary alicyclic amines) is 1. The van der Waals surface area contributed by atoms with Gasteiger partial charge in [-0.15, -0.1) is 0 Å². The Morgan fingerprint density at radius 1 is 0.830 bits per heavy atom. The SMILES string of the molecule is CC[N+]1(C(OCc2ccccc2)(OCc2ccccc2)O[PH+]=O)CCCC1CNc1nc(Nc2ccc(OC)c(F)c2)nc(NC2CCCCCC2)n1. The van der Waals surface area contributed by atoms with E-state index >= 15 is 0 Å². The van der Waals surface area contributed by atoms with Crippen LogP contribution in [0.4, 0.5) is 27.9 Å². The number of aromatic nitrogens is 3. The molecule has 3 aromatic carbocycles. The molecule has 6 rings (SSSR count). The second-order valence-electron chi connectivity index (χ2n) is 13.6. The fourth-order valence-corrected chi connectivity index (χ4v) is 7.95. The van der Waals surface area contributed by atoms with E-state index in [-0.39, 0.29) is 41.5 Å². The van der Waals surface area contributed by atoms with E-state index in [1.54, 1.807) is 12.1 Å². The first-order valence-electron chi connectivity index (χ1n) is 18.6. The molecule has 0 bridgehead atoms. The van der Waals surface area contributed by atoms with E-state index in [9.17, 15) is 8.96 Å². The van der Waals surface area contributed by atoms with Crippen LogP contribution in [0.15, 0.2) is 78.9 Å². The molecule has 1 saturated heterocycles. The second-order valence-corrected chi connectivity index (χ2v) is 14.0. The van der Waals surface area contributed by atoms with Gasteiger partial charge in [0, 0.05) is 30.6 Å². The van der Waals surface area contributed by atoms with E-state index in [0.29, 0.717) is 37.2 Å². The Bertz CT molecular complexity index is 1710. The van der Waals surface area contributed by atoms with Gasteiger partial charge in [0.1, 0.15) is 6.04 Å². The number of halogens is 1. The lowest BCUT2D eigenvalue weighted by Crippen LogP contribution is -2.70. The zero-order chi connectivity index (χ0) is 36.9. The molecule has 4 aromatic rings. The molecule has 1 aromatic heterocycles. The molecule has 2 aliphatic rings. The first kappa shape index (κ1) is 38.5. The monoisotopic (exact) mass is 747 g/mol.